The van der Waals surface area contributed by atoms with Gasteiger partial charge in [-0.1, -0.05) is 151 Å². The van der Waals surface area contributed by atoms with Crippen molar-refractivity contribution in [2.75, 3.05) is 4.90 Å². The number of fused-ring (bicyclic) bond motifs is 10. The van der Waals surface area contributed by atoms with E-state index in [0.29, 0.717) is 0 Å². The molecule has 0 saturated heterocycles. The average Bonchev–Trinajstić information content (AvgIpc) is 3.81. The monoisotopic (exact) mass is 761 g/mol. The number of nitrogens with zero attached hydrogens (tertiary/aromatic N) is 3. The van der Waals surface area contributed by atoms with Crippen molar-refractivity contribution in [3.63, 3.8) is 0 Å². The largest absolute Gasteiger partial charge is 0.306 e. The van der Waals surface area contributed by atoms with E-state index < -0.39 is 0 Å². The number of anilines is 3. The summed E-state index contributed by atoms with van der Waals surface area (Å²) in [5.41, 5.74) is 17.5. The predicted octanol–water partition coefficient (Wildman–Crippen LogP) is 14.6. The first kappa shape index (κ1) is 33.5. The topological polar surface area (TPSA) is 20.5 Å². The molecule has 4 heteroatoms. The second-order valence-electron chi connectivity index (χ2n) is 15.8. The number of aliphatic imine (C=N–C) groups is 1. The molecule has 0 N–H and O–H groups in total. The molecule has 0 amide bonds. The van der Waals surface area contributed by atoms with Gasteiger partial charge in [0.05, 0.1) is 39.5 Å². The van der Waals surface area contributed by atoms with Crippen LogP contribution in [0, 0.1) is 0 Å². The summed E-state index contributed by atoms with van der Waals surface area (Å²) in [5, 5.41) is 5.03. The molecule has 3 aliphatic rings. The van der Waals surface area contributed by atoms with Gasteiger partial charge in [-0.05, 0) is 89.2 Å². The molecule has 0 saturated carbocycles. The smallest absolute Gasteiger partial charge is 0.0803 e. The molecule has 58 heavy (non-hydrogen) atoms. The number of aryl methyl sites for hydroxylation is 1. The minimum atomic E-state index is 0.160. The fourth-order valence-corrected chi connectivity index (χ4v) is 11.1. The maximum Gasteiger partial charge on any atom is 0.0803 e. The number of thioether (sulfide) groups is 1. The van der Waals surface area contributed by atoms with E-state index >= 15 is 0 Å². The maximum absolute atomic E-state index is 5.64. The van der Waals surface area contributed by atoms with Crippen LogP contribution in [0.2, 0.25) is 0 Å². The second-order valence-corrected chi connectivity index (χ2v) is 17.0. The Labute approximate surface area is 342 Å². The third-order valence-corrected chi connectivity index (χ3v) is 13.8. The highest BCUT2D eigenvalue weighted by Crippen LogP contribution is 2.54. The van der Waals surface area contributed by atoms with Crippen molar-refractivity contribution >= 4 is 72.8 Å². The van der Waals surface area contributed by atoms with Crippen LogP contribution < -0.4 is 4.90 Å². The molecule has 3 heterocycles. The molecule has 9 aromatic rings. The van der Waals surface area contributed by atoms with E-state index in [4.69, 9.17) is 4.99 Å². The Morgan fingerprint density at radius 1 is 0.603 bits per heavy atom. The van der Waals surface area contributed by atoms with Crippen LogP contribution in [0.15, 0.2) is 191 Å². The Balaban J connectivity index is 1.06. The number of hydrogen-bond donors (Lipinski definition) is 0. The van der Waals surface area contributed by atoms with Crippen molar-refractivity contribution in [2.24, 2.45) is 4.99 Å². The summed E-state index contributed by atoms with van der Waals surface area (Å²) in [5.74, 6) is 0.160. The van der Waals surface area contributed by atoms with E-state index in [2.05, 4.69) is 192 Å². The van der Waals surface area contributed by atoms with Gasteiger partial charge in [-0.2, -0.15) is 0 Å². The van der Waals surface area contributed by atoms with Crippen LogP contribution in [0.4, 0.5) is 17.1 Å². The summed E-state index contributed by atoms with van der Waals surface area (Å²) in [7, 11) is 0. The number of para-hydroxylation sites is 2. The van der Waals surface area contributed by atoms with Crippen LogP contribution in [-0.4, -0.2) is 10.3 Å². The quantitative estimate of drug-likeness (QED) is 0.167. The number of allylic oxidation sites excluding steroid dienone is 1. The first-order valence-electron chi connectivity index (χ1n) is 20.4. The van der Waals surface area contributed by atoms with Gasteiger partial charge in [0.25, 0.3) is 0 Å². The Bertz CT molecular complexity index is 3180. The third-order valence-electron chi connectivity index (χ3n) is 12.6. The molecule has 0 bridgehead atoms. The highest BCUT2D eigenvalue weighted by atomic mass is 32.2. The van der Waals surface area contributed by atoms with E-state index in [0.717, 1.165) is 30.7 Å². The van der Waals surface area contributed by atoms with Crippen LogP contribution in [0.1, 0.15) is 41.5 Å². The zero-order valence-electron chi connectivity index (χ0n) is 32.2. The molecule has 0 spiro atoms. The Morgan fingerprint density at radius 3 is 2.17 bits per heavy atom. The number of hydrogen-bond acceptors (Lipinski definition) is 3. The highest BCUT2D eigenvalue weighted by Gasteiger charge is 2.33. The molecule has 276 valence electrons. The summed E-state index contributed by atoms with van der Waals surface area (Å²) in [4.78, 5) is 10.9. The van der Waals surface area contributed by atoms with Crippen LogP contribution in [-0.2, 0) is 12.8 Å². The van der Waals surface area contributed by atoms with Crippen molar-refractivity contribution in [3.8, 4) is 16.8 Å². The second kappa shape index (κ2) is 13.2. The highest BCUT2D eigenvalue weighted by molar-refractivity contribution is 8.03. The lowest BCUT2D eigenvalue weighted by atomic mass is 9.87. The first-order valence-corrected chi connectivity index (χ1v) is 21.2. The summed E-state index contributed by atoms with van der Waals surface area (Å²) in [6, 6.07) is 65.0. The third kappa shape index (κ3) is 5.11. The molecule has 0 radical (unpaired) electrons. The Hall–Kier alpha value is -6.62. The van der Waals surface area contributed by atoms with Gasteiger partial charge in [0, 0.05) is 49.8 Å². The fraction of sp³-hybridized carbons (Fsp3) is 0.0926. The van der Waals surface area contributed by atoms with E-state index in [1.165, 1.54) is 98.5 Å². The molecule has 1 aliphatic carbocycles. The van der Waals surface area contributed by atoms with Gasteiger partial charge in [-0.3, -0.25) is 4.99 Å². The van der Waals surface area contributed by atoms with E-state index in [9.17, 15) is 0 Å². The molecule has 2 aliphatic heterocycles. The van der Waals surface area contributed by atoms with Crippen LogP contribution in [0.25, 0.3) is 55.1 Å². The van der Waals surface area contributed by atoms with Gasteiger partial charge >= 0.3 is 0 Å². The van der Waals surface area contributed by atoms with Gasteiger partial charge in [0.1, 0.15) is 0 Å². The Morgan fingerprint density at radius 2 is 1.29 bits per heavy atom. The van der Waals surface area contributed by atoms with E-state index in [1.807, 2.05) is 11.8 Å². The summed E-state index contributed by atoms with van der Waals surface area (Å²) in [6.07, 6.45) is 2.85. The van der Waals surface area contributed by atoms with E-state index in [-0.39, 0.29) is 5.92 Å². The van der Waals surface area contributed by atoms with Gasteiger partial charge in [0.2, 0.25) is 0 Å². The first-order chi connectivity index (χ1) is 28.7. The van der Waals surface area contributed by atoms with Crippen LogP contribution in [0.5, 0.6) is 0 Å². The number of rotatable bonds is 4. The van der Waals surface area contributed by atoms with Crippen molar-refractivity contribution in [1.82, 2.24) is 4.57 Å². The lowest BCUT2D eigenvalue weighted by Gasteiger charge is -2.35. The van der Waals surface area contributed by atoms with Crippen LogP contribution >= 0.6 is 11.8 Å². The molecule has 12 rings (SSSR count). The van der Waals surface area contributed by atoms with Crippen molar-refractivity contribution in [3.05, 3.63) is 203 Å². The van der Waals surface area contributed by atoms with Gasteiger partial charge in [-0.25, -0.2) is 0 Å². The molecule has 0 fully saturated rings. The molecule has 8 aromatic carbocycles. The Kier molecular flexibility index (Phi) is 7.64. The molecular formula is C54H39N3S. The standard InChI is InChI=1S/C54H39N3S/c1-34(55-53(36-15-3-2-4-16-36)51-33-39-19-7-12-28-50(39)58-51)40-30-29-35-20-13-26-46(52(35)43-23-9-8-21-41(40)43)56-47-27-14-24-44-42-22-10-11-25-45(42)57(54(44)47)49-32-38-18-6-5-17-37(38)31-48(49)56/h2-28,31-32,40H,29-30,33H2,1H3/b53-51+,55-34?. The predicted molar refractivity (Wildman–Crippen MR) is 245 cm³/mol. The fourth-order valence-electron chi connectivity index (χ4n) is 9.97. The molecule has 1 atom stereocenters. The van der Waals surface area contributed by atoms with Crippen LogP contribution in [0.3, 0.4) is 0 Å². The molecular weight excluding hydrogens is 723 g/mol. The zero-order chi connectivity index (χ0) is 38.3. The SMILES string of the molecule is CC(=N/C(=C1\Cc2ccccc2S1)c1ccccc1)C1CCc2cccc(N3c4cc5ccccc5cc4-n4c5ccccc5c5cccc3c54)c2-c2ccccc21. The number of aromatic nitrogens is 1. The molecule has 1 aromatic heterocycles. The van der Waals surface area contributed by atoms with Gasteiger partial charge in [-0.15, -0.1) is 0 Å². The van der Waals surface area contributed by atoms with Crippen molar-refractivity contribution < 1.29 is 0 Å². The summed E-state index contributed by atoms with van der Waals surface area (Å²) >= 11 is 1.88. The zero-order valence-corrected chi connectivity index (χ0v) is 33.0. The summed E-state index contributed by atoms with van der Waals surface area (Å²) in [6.45, 7) is 2.26. The van der Waals surface area contributed by atoms with Gasteiger partial charge in [0.15, 0.2) is 0 Å². The van der Waals surface area contributed by atoms with Crippen molar-refractivity contribution in [1.29, 1.82) is 0 Å². The van der Waals surface area contributed by atoms with E-state index in [1.54, 1.807) is 0 Å². The van der Waals surface area contributed by atoms with Gasteiger partial charge < -0.3 is 9.47 Å². The number of benzene rings is 8. The molecule has 1 unspecified atom stereocenters. The summed E-state index contributed by atoms with van der Waals surface area (Å²) < 4.78 is 2.50. The normalized spacial score (nSPS) is 16.5. The minimum Gasteiger partial charge on any atom is -0.306 e. The lowest BCUT2D eigenvalue weighted by molar-refractivity contribution is 0.775. The molecule has 3 nitrogen and oxygen atoms in total. The lowest BCUT2D eigenvalue weighted by Crippen LogP contribution is -2.19. The maximum atomic E-state index is 5.64. The average molecular weight is 762 g/mol. The minimum absolute atomic E-state index is 0.160. The van der Waals surface area contributed by atoms with Crippen molar-refractivity contribution in [2.45, 2.75) is 37.0 Å².